The minimum atomic E-state index is -0.836. The molecule has 0 saturated heterocycles. The Balaban J connectivity index is 2.28. The van der Waals surface area contributed by atoms with E-state index in [4.69, 9.17) is 5.11 Å². The third-order valence-corrected chi connectivity index (χ3v) is 2.71. The summed E-state index contributed by atoms with van der Waals surface area (Å²) in [5.74, 6) is -0.836. The number of carboxylic acids is 1. The van der Waals surface area contributed by atoms with Gasteiger partial charge in [0.1, 0.15) is 0 Å². The highest BCUT2D eigenvalue weighted by atomic mass is 32.1. The van der Waals surface area contributed by atoms with Crippen LogP contribution in [0.25, 0.3) is 0 Å². The predicted octanol–water partition coefficient (Wildman–Crippen LogP) is 1.65. The number of nitrogens with zero attached hydrogens (tertiary/aromatic N) is 1. The largest absolute Gasteiger partial charge is 0.478 e. The van der Waals surface area contributed by atoms with E-state index in [0.717, 1.165) is 11.4 Å². The highest BCUT2D eigenvalue weighted by Crippen LogP contribution is 2.04. The Morgan fingerprint density at radius 1 is 1.73 bits per heavy atom. The Hall–Kier alpha value is -1.20. The second kappa shape index (κ2) is 6.31. The van der Waals surface area contributed by atoms with E-state index in [2.05, 4.69) is 10.3 Å². The van der Waals surface area contributed by atoms with Crippen LogP contribution in [0.5, 0.6) is 0 Å². The average molecular weight is 226 g/mol. The molecule has 15 heavy (non-hydrogen) atoms. The lowest BCUT2D eigenvalue weighted by atomic mass is 10.2. The SMILES string of the molecule is CCC(=CCNCc1cncs1)C(=O)O. The van der Waals surface area contributed by atoms with Crippen LogP contribution in [0.3, 0.4) is 0 Å². The van der Waals surface area contributed by atoms with Gasteiger partial charge >= 0.3 is 5.97 Å². The van der Waals surface area contributed by atoms with Crippen molar-refractivity contribution in [2.24, 2.45) is 0 Å². The van der Waals surface area contributed by atoms with Crippen molar-refractivity contribution in [2.75, 3.05) is 6.54 Å². The fraction of sp³-hybridized carbons (Fsp3) is 0.400. The van der Waals surface area contributed by atoms with E-state index in [0.29, 0.717) is 18.5 Å². The summed E-state index contributed by atoms with van der Waals surface area (Å²) in [6.07, 6.45) is 4.07. The van der Waals surface area contributed by atoms with Crippen LogP contribution in [0.4, 0.5) is 0 Å². The molecule has 0 radical (unpaired) electrons. The van der Waals surface area contributed by atoms with Crippen molar-refractivity contribution < 1.29 is 9.90 Å². The lowest BCUT2D eigenvalue weighted by molar-refractivity contribution is -0.132. The van der Waals surface area contributed by atoms with Gasteiger partial charge in [-0.05, 0) is 6.42 Å². The van der Waals surface area contributed by atoms with Crippen LogP contribution in [0.15, 0.2) is 23.4 Å². The number of carbonyl (C=O) groups is 1. The Morgan fingerprint density at radius 3 is 3.07 bits per heavy atom. The molecular weight excluding hydrogens is 212 g/mol. The molecule has 0 aliphatic rings. The zero-order chi connectivity index (χ0) is 11.1. The second-order valence-electron chi connectivity index (χ2n) is 2.99. The number of aromatic nitrogens is 1. The number of rotatable bonds is 6. The van der Waals surface area contributed by atoms with Crippen molar-refractivity contribution in [3.63, 3.8) is 0 Å². The highest BCUT2D eigenvalue weighted by molar-refractivity contribution is 7.09. The molecule has 0 aliphatic carbocycles. The van der Waals surface area contributed by atoms with E-state index < -0.39 is 5.97 Å². The molecule has 0 spiro atoms. The van der Waals surface area contributed by atoms with Gasteiger partial charge in [-0.2, -0.15) is 0 Å². The number of carboxylic acid groups (broad SMARTS) is 1. The maximum Gasteiger partial charge on any atom is 0.331 e. The van der Waals surface area contributed by atoms with Gasteiger partial charge in [0.2, 0.25) is 0 Å². The van der Waals surface area contributed by atoms with Crippen LogP contribution in [-0.2, 0) is 11.3 Å². The van der Waals surface area contributed by atoms with E-state index in [1.807, 2.05) is 6.92 Å². The van der Waals surface area contributed by atoms with Gasteiger partial charge in [-0.1, -0.05) is 13.0 Å². The van der Waals surface area contributed by atoms with Crippen LogP contribution in [0.1, 0.15) is 18.2 Å². The second-order valence-corrected chi connectivity index (χ2v) is 3.96. The van der Waals surface area contributed by atoms with Crippen molar-refractivity contribution in [1.29, 1.82) is 0 Å². The molecule has 82 valence electrons. The van der Waals surface area contributed by atoms with Gasteiger partial charge in [-0.25, -0.2) is 4.79 Å². The highest BCUT2D eigenvalue weighted by Gasteiger charge is 2.02. The zero-order valence-electron chi connectivity index (χ0n) is 8.56. The van der Waals surface area contributed by atoms with E-state index in [9.17, 15) is 4.79 Å². The monoisotopic (exact) mass is 226 g/mol. The van der Waals surface area contributed by atoms with Crippen molar-refractivity contribution in [3.05, 3.63) is 28.2 Å². The molecule has 0 aliphatic heterocycles. The van der Waals surface area contributed by atoms with Crippen LogP contribution in [0.2, 0.25) is 0 Å². The first kappa shape index (κ1) is 11.9. The molecule has 1 aromatic heterocycles. The molecule has 2 N–H and O–H groups in total. The maximum absolute atomic E-state index is 10.6. The first-order chi connectivity index (χ1) is 7.24. The molecule has 1 aromatic rings. The van der Waals surface area contributed by atoms with Crippen LogP contribution < -0.4 is 5.32 Å². The molecule has 0 saturated carbocycles. The number of aliphatic carboxylic acids is 1. The number of hydrogen-bond acceptors (Lipinski definition) is 4. The van der Waals surface area contributed by atoms with Gasteiger partial charge < -0.3 is 10.4 Å². The Bertz CT molecular complexity index is 333. The fourth-order valence-electron chi connectivity index (χ4n) is 1.10. The summed E-state index contributed by atoms with van der Waals surface area (Å²) in [6, 6.07) is 0. The Labute approximate surface area is 92.7 Å². The minimum absolute atomic E-state index is 0.451. The van der Waals surface area contributed by atoms with Gasteiger partial charge in [0.15, 0.2) is 0 Å². The first-order valence-corrected chi connectivity index (χ1v) is 5.62. The number of nitrogens with one attached hydrogen (secondary N) is 1. The van der Waals surface area contributed by atoms with Gasteiger partial charge in [0.25, 0.3) is 0 Å². The lowest BCUT2D eigenvalue weighted by Gasteiger charge is -2.00. The smallest absolute Gasteiger partial charge is 0.331 e. The van der Waals surface area contributed by atoms with E-state index in [1.165, 1.54) is 0 Å². The van der Waals surface area contributed by atoms with Gasteiger partial charge in [0, 0.05) is 29.7 Å². The normalized spacial score (nSPS) is 11.7. The molecule has 1 rings (SSSR count). The third-order valence-electron chi connectivity index (χ3n) is 1.93. The van der Waals surface area contributed by atoms with Gasteiger partial charge in [-0.3, -0.25) is 4.98 Å². The Morgan fingerprint density at radius 2 is 2.53 bits per heavy atom. The Kier molecular flexibility index (Phi) is 5.00. The van der Waals surface area contributed by atoms with Crippen molar-refractivity contribution in [3.8, 4) is 0 Å². The molecular formula is C10H14N2O2S. The van der Waals surface area contributed by atoms with Crippen LogP contribution in [0, 0.1) is 0 Å². The average Bonchev–Trinajstić information content (AvgIpc) is 2.70. The summed E-state index contributed by atoms with van der Waals surface area (Å²) in [6.45, 7) is 3.15. The summed E-state index contributed by atoms with van der Waals surface area (Å²) in [5, 5.41) is 11.9. The van der Waals surface area contributed by atoms with Crippen molar-refractivity contribution >= 4 is 17.3 Å². The molecule has 4 nitrogen and oxygen atoms in total. The molecule has 0 atom stereocenters. The van der Waals surface area contributed by atoms with Gasteiger partial charge in [0.05, 0.1) is 5.51 Å². The van der Waals surface area contributed by atoms with Crippen molar-refractivity contribution in [1.82, 2.24) is 10.3 Å². The summed E-state index contributed by atoms with van der Waals surface area (Å²) < 4.78 is 0. The van der Waals surface area contributed by atoms with E-state index >= 15 is 0 Å². The fourth-order valence-corrected chi connectivity index (χ4v) is 1.67. The molecule has 0 aromatic carbocycles. The lowest BCUT2D eigenvalue weighted by Crippen LogP contribution is -2.13. The standard InChI is InChI=1S/C10H14N2O2S/c1-2-8(10(13)14)3-4-11-5-9-6-12-7-15-9/h3,6-7,11H,2,4-5H2,1H3,(H,13,14). The van der Waals surface area contributed by atoms with Gasteiger partial charge in [-0.15, -0.1) is 11.3 Å². The minimum Gasteiger partial charge on any atom is -0.478 e. The number of hydrogen-bond donors (Lipinski definition) is 2. The molecule has 0 bridgehead atoms. The van der Waals surface area contributed by atoms with Crippen LogP contribution >= 0.6 is 11.3 Å². The molecule has 0 unspecified atom stereocenters. The third kappa shape index (κ3) is 4.22. The molecule has 0 fully saturated rings. The number of thiazole rings is 1. The molecule has 0 amide bonds. The maximum atomic E-state index is 10.6. The quantitative estimate of drug-likeness (QED) is 0.572. The van der Waals surface area contributed by atoms with E-state index in [-0.39, 0.29) is 0 Å². The predicted molar refractivity (Wildman–Crippen MR) is 59.8 cm³/mol. The summed E-state index contributed by atoms with van der Waals surface area (Å²) in [7, 11) is 0. The van der Waals surface area contributed by atoms with E-state index in [1.54, 1.807) is 29.1 Å². The first-order valence-electron chi connectivity index (χ1n) is 4.74. The summed E-state index contributed by atoms with van der Waals surface area (Å²) in [5.41, 5.74) is 2.23. The summed E-state index contributed by atoms with van der Waals surface area (Å²) >= 11 is 1.58. The zero-order valence-corrected chi connectivity index (χ0v) is 9.38. The topological polar surface area (TPSA) is 62.2 Å². The van der Waals surface area contributed by atoms with Crippen molar-refractivity contribution in [2.45, 2.75) is 19.9 Å². The summed E-state index contributed by atoms with van der Waals surface area (Å²) in [4.78, 5) is 15.7. The molecule has 5 heteroatoms. The molecule has 1 heterocycles. The van der Waals surface area contributed by atoms with Crippen LogP contribution in [-0.4, -0.2) is 22.6 Å².